The van der Waals surface area contributed by atoms with Crippen LogP contribution >= 0.6 is 0 Å². The first-order valence-corrected chi connectivity index (χ1v) is 8.26. The van der Waals surface area contributed by atoms with Crippen LogP contribution in [-0.2, 0) is 6.61 Å². The maximum absolute atomic E-state index is 11.8. The summed E-state index contributed by atoms with van der Waals surface area (Å²) in [5.74, 6) is -0.386. The van der Waals surface area contributed by atoms with Crippen molar-refractivity contribution in [3.05, 3.63) is 71.5 Å². The zero-order chi connectivity index (χ0) is 20.1. The van der Waals surface area contributed by atoms with E-state index in [0.717, 1.165) is 0 Å². The van der Waals surface area contributed by atoms with E-state index in [-0.39, 0.29) is 17.7 Å². The molecule has 9 nitrogen and oxygen atoms in total. The second kappa shape index (κ2) is 8.14. The topological polar surface area (TPSA) is 156 Å². The van der Waals surface area contributed by atoms with Crippen LogP contribution < -0.4 is 22.1 Å². The number of primary amides is 2. The maximum atomic E-state index is 11.8. The number of anilines is 4. The van der Waals surface area contributed by atoms with Gasteiger partial charge in [0.15, 0.2) is 0 Å². The molecule has 9 heteroatoms. The molecule has 2 heterocycles. The maximum Gasteiger partial charge on any atom is 0.252 e. The standard InChI is InChI=1S/C19H18N6O3/c20-18(27)11-5-6-16(22-8-11)25-17-7-15(13(9-23-17)19(21)28)24-14-4-2-1-3-12(14)10-26/h1-9,26H,10H2,(H2,20,27)(H2,21,28)(H2,22,23,24,25). The van der Waals surface area contributed by atoms with Crippen molar-refractivity contribution in [2.45, 2.75) is 6.61 Å². The van der Waals surface area contributed by atoms with Gasteiger partial charge in [0, 0.05) is 29.7 Å². The SMILES string of the molecule is NC(=O)c1ccc(Nc2cc(Nc3ccccc3CO)c(C(N)=O)cn2)nc1. The molecule has 0 bridgehead atoms. The lowest BCUT2D eigenvalue weighted by Gasteiger charge is -2.14. The van der Waals surface area contributed by atoms with E-state index < -0.39 is 11.8 Å². The molecule has 0 aliphatic heterocycles. The molecule has 7 N–H and O–H groups in total. The second-order valence-electron chi connectivity index (χ2n) is 5.84. The molecule has 0 unspecified atom stereocenters. The zero-order valence-corrected chi connectivity index (χ0v) is 14.7. The lowest BCUT2D eigenvalue weighted by Crippen LogP contribution is -2.14. The second-order valence-corrected chi connectivity index (χ2v) is 5.84. The first-order valence-electron chi connectivity index (χ1n) is 8.26. The summed E-state index contributed by atoms with van der Waals surface area (Å²) >= 11 is 0. The highest BCUT2D eigenvalue weighted by molar-refractivity contribution is 5.99. The molecule has 0 aliphatic rings. The van der Waals surface area contributed by atoms with E-state index in [0.29, 0.717) is 28.6 Å². The number of benzene rings is 1. The Morgan fingerprint density at radius 1 is 0.893 bits per heavy atom. The number of nitrogens with two attached hydrogens (primary N) is 2. The number of aliphatic hydroxyl groups excluding tert-OH is 1. The molecule has 0 saturated heterocycles. The van der Waals surface area contributed by atoms with Crippen molar-refractivity contribution in [2.75, 3.05) is 10.6 Å². The molecule has 0 radical (unpaired) electrons. The van der Waals surface area contributed by atoms with Crippen LogP contribution in [0.2, 0.25) is 0 Å². The van der Waals surface area contributed by atoms with Gasteiger partial charge in [-0.05, 0) is 18.2 Å². The summed E-state index contributed by atoms with van der Waals surface area (Å²) in [6.45, 7) is -0.165. The average Bonchev–Trinajstić information content (AvgIpc) is 2.69. The van der Waals surface area contributed by atoms with Crippen molar-refractivity contribution in [2.24, 2.45) is 11.5 Å². The van der Waals surface area contributed by atoms with E-state index in [4.69, 9.17) is 11.5 Å². The number of hydrogen-bond donors (Lipinski definition) is 5. The van der Waals surface area contributed by atoms with Crippen LogP contribution in [0.1, 0.15) is 26.3 Å². The number of nitrogens with one attached hydrogen (secondary N) is 2. The number of carbonyl (C=O) groups is 2. The average molecular weight is 378 g/mol. The molecule has 3 aromatic rings. The number of carbonyl (C=O) groups excluding carboxylic acids is 2. The molecule has 0 saturated carbocycles. The van der Waals surface area contributed by atoms with Crippen LogP contribution in [0, 0.1) is 0 Å². The number of aromatic nitrogens is 2. The molecule has 0 atom stereocenters. The molecule has 3 rings (SSSR count). The van der Waals surface area contributed by atoms with E-state index in [1.807, 2.05) is 0 Å². The fourth-order valence-electron chi connectivity index (χ4n) is 2.49. The highest BCUT2D eigenvalue weighted by atomic mass is 16.3. The predicted octanol–water partition coefficient (Wildman–Crippen LogP) is 1.65. The van der Waals surface area contributed by atoms with Gasteiger partial charge in [-0.2, -0.15) is 0 Å². The predicted molar refractivity (Wildman–Crippen MR) is 104 cm³/mol. The molecule has 2 amide bonds. The molecule has 0 spiro atoms. The first kappa shape index (κ1) is 18.8. The minimum atomic E-state index is -0.646. The minimum Gasteiger partial charge on any atom is -0.392 e. The summed E-state index contributed by atoms with van der Waals surface area (Å²) in [5, 5.41) is 15.6. The molecular formula is C19H18N6O3. The molecular weight excluding hydrogens is 360 g/mol. The lowest BCUT2D eigenvalue weighted by molar-refractivity contribution is 0.0992. The van der Waals surface area contributed by atoms with Crippen LogP contribution in [0.4, 0.5) is 23.0 Å². The van der Waals surface area contributed by atoms with Crippen molar-refractivity contribution in [3.8, 4) is 0 Å². The van der Waals surface area contributed by atoms with Gasteiger partial charge in [0.25, 0.3) is 5.91 Å². The Morgan fingerprint density at radius 3 is 2.29 bits per heavy atom. The van der Waals surface area contributed by atoms with E-state index in [1.54, 1.807) is 36.4 Å². The van der Waals surface area contributed by atoms with E-state index in [2.05, 4.69) is 20.6 Å². The largest absolute Gasteiger partial charge is 0.392 e. The quantitative estimate of drug-likeness (QED) is 0.418. The van der Waals surface area contributed by atoms with Gasteiger partial charge in [-0.25, -0.2) is 9.97 Å². The van der Waals surface area contributed by atoms with Gasteiger partial charge in [-0.15, -0.1) is 0 Å². The van der Waals surface area contributed by atoms with Crippen LogP contribution in [0.25, 0.3) is 0 Å². The van der Waals surface area contributed by atoms with Crippen LogP contribution in [0.15, 0.2) is 54.9 Å². The highest BCUT2D eigenvalue weighted by Crippen LogP contribution is 2.26. The Labute approximate surface area is 160 Å². The highest BCUT2D eigenvalue weighted by Gasteiger charge is 2.13. The zero-order valence-electron chi connectivity index (χ0n) is 14.7. The summed E-state index contributed by atoms with van der Waals surface area (Å²) in [6, 6.07) is 11.8. The van der Waals surface area contributed by atoms with Gasteiger partial charge in [0.05, 0.1) is 23.4 Å². The van der Waals surface area contributed by atoms with Gasteiger partial charge in [-0.1, -0.05) is 18.2 Å². The summed E-state index contributed by atoms with van der Waals surface area (Å²) in [4.78, 5) is 31.1. The number of hydrogen-bond acceptors (Lipinski definition) is 7. The Bertz CT molecular complexity index is 1020. The Hall–Kier alpha value is -3.98. The van der Waals surface area contributed by atoms with Crippen molar-refractivity contribution in [3.63, 3.8) is 0 Å². The van der Waals surface area contributed by atoms with Gasteiger partial charge in [-0.3, -0.25) is 9.59 Å². The van der Waals surface area contributed by atoms with Crippen molar-refractivity contribution in [1.82, 2.24) is 9.97 Å². The summed E-state index contributed by atoms with van der Waals surface area (Å²) in [5.41, 5.74) is 12.8. The third-order valence-electron chi connectivity index (χ3n) is 3.93. The number of pyridine rings is 2. The van der Waals surface area contributed by atoms with Crippen molar-refractivity contribution in [1.29, 1.82) is 0 Å². The fourth-order valence-corrected chi connectivity index (χ4v) is 2.49. The number of nitrogens with zero attached hydrogens (tertiary/aromatic N) is 2. The molecule has 1 aromatic carbocycles. The summed E-state index contributed by atoms with van der Waals surface area (Å²) in [7, 11) is 0. The minimum absolute atomic E-state index is 0.165. The molecule has 2 aromatic heterocycles. The fraction of sp³-hybridized carbons (Fsp3) is 0.0526. The molecule has 142 valence electrons. The number of amides is 2. The normalized spacial score (nSPS) is 10.3. The van der Waals surface area contributed by atoms with E-state index in [9.17, 15) is 14.7 Å². The van der Waals surface area contributed by atoms with Gasteiger partial charge < -0.3 is 27.2 Å². The van der Waals surface area contributed by atoms with Crippen LogP contribution in [0.5, 0.6) is 0 Å². The Balaban J connectivity index is 1.91. The molecule has 0 aliphatic carbocycles. The Kier molecular flexibility index (Phi) is 5.47. The van der Waals surface area contributed by atoms with Crippen LogP contribution in [-0.4, -0.2) is 26.9 Å². The lowest BCUT2D eigenvalue weighted by atomic mass is 10.1. The number of para-hydroxylation sites is 1. The van der Waals surface area contributed by atoms with Crippen LogP contribution in [0.3, 0.4) is 0 Å². The third-order valence-corrected chi connectivity index (χ3v) is 3.93. The molecule has 28 heavy (non-hydrogen) atoms. The number of rotatable bonds is 7. The summed E-state index contributed by atoms with van der Waals surface area (Å²) < 4.78 is 0. The van der Waals surface area contributed by atoms with E-state index in [1.165, 1.54) is 18.5 Å². The molecule has 0 fully saturated rings. The first-order chi connectivity index (χ1) is 13.5. The van der Waals surface area contributed by atoms with Gasteiger partial charge in [0.2, 0.25) is 5.91 Å². The van der Waals surface area contributed by atoms with E-state index >= 15 is 0 Å². The van der Waals surface area contributed by atoms with Gasteiger partial charge >= 0.3 is 0 Å². The van der Waals surface area contributed by atoms with Crippen molar-refractivity contribution >= 4 is 34.8 Å². The van der Waals surface area contributed by atoms with Crippen molar-refractivity contribution < 1.29 is 14.7 Å². The van der Waals surface area contributed by atoms with Gasteiger partial charge in [0.1, 0.15) is 11.6 Å². The summed E-state index contributed by atoms with van der Waals surface area (Å²) in [6.07, 6.45) is 2.69. The Morgan fingerprint density at radius 2 is 1.64 bits per heavy atom. The smallest absolute Gasteiger partial charge is 0.252 e. The number of aliphatic hydroxyl groups is 1. The monoisotopic (exact) mass is 378 g/mol. The third kappa shape index (κ3) is 4.22.